The number of benzene rings is 1. The molecule has 1 heterocycles. The normalized spacial score (nSPS) is 10.4. The lowest BCUT2D eigenvalue weighted by atomic mass is 10.1. The van der Waals surface area contributed by atoms with Crippen molar-refractivity contribution in [2.75, 3.05) is 6.61 Å². The molecule has 2 rings (SSSR count). The van der Waals surface area contributed by atoms with Gasteiger partial charge in [-0.3, -0.25) is 9.78 Å². The van der Waals surface area contributed by atoms with Gasteiger partial charge in [-0.15, -0.1) is 0 Å². The molecule has 82 valence electrons. The van der Waals surface area contributed by atoms with Gasteiger partial charge >= 0.3 is 0 Å². The van der Waals surface area contributed by atoms with Gasteiger partial charge in [-0.25, -0.2) is 0 Å². The fourth-order valence-electron chi connectivity index (χ4n) is 1.72. The molecule has 0 spiro atoms. The van der Waals surface area contributed by atoms with Gasteiger partial charge in [0.2, 0.25) is 0 Å². The Bertz CT molecular complexity index is 535. The lowest BCUT2D eigenvalue weighted by Crippen LogP contribution is -1.94. The fourth-order valence-corrected chi connectivity index (χ4v) is 1.72. The van der Waals surface area contributed by atoms with E-state index >= 15 is 0 Å². The number of carbonyl (C=O) groups is 1. The minimum absolute atomic E-state index is 0.612. The Balaban J connectivity index is 2.66. The van der Waals surface area contributed by atoms with Gasteiger partial charge in [0.15, 0.2) is 6.29 Å². The molecule has 0 radical (unpaired) electrons. The first-order chi connectivity index (χ1) is 7.74. The van der Waals surface area contributed by atoms with Gasteiger partial charge in [0.25, 0.3) is 0 Å². The Morgan fingerprint density at radius 2 is 2.19 bits per heavy atom. The van der Waals surface area contributed by atoms with Gasteiger partial charge in [-0.2, -0.15) is 0 Å². The van der Waals surface area contributed by atoms with Crippen LogP contribution in [0.2, 0.25) is 0 Å². The summed E-state index contributed by atoms with van der Waals surface area (Å²) in [4.78, 5) is 15.3. The van der Waals surface area contributed by atoms with Crippen molar-refractivity contribution in [1.29, 1.82) is 0 Å². The summed E-state index contributed by atoms with van der Waals surface area (Å²) in [5.41, 5.74) is 2.33. The van der Waals surface area contributed by atoms with Gasteiger partial charge in [0, 0.05) is 16.6 Å². The van der Waals surface area contributed by atoms with Crippen molar-refractivity contribution in [2.24, 2.45) is 0 Å². The van der Waals surface area contributed by atoms with Crippen LogP contribution in [0.25, 0.3) is 10.9 Å². The molecule has 0 unspecified atom stereocenters. The Hall–Kier alpha value is -1.90. The van der Waals surface area contributed by atoms with Crippen LogP contribution in [0.15, 0.2) is 24.3 Å². The topological polar surface area (TPSA) is 39.2 Å². The van der Waals surface area contributed by atoms with Crippen LogP contribution in [-0.4, -0.2) is 17.9 Å². The summed E-state index contributed by atoms with van der Waals surface area (Å²) in [6, 6.07) is 7.38. The van der Waals surface area contributed by atoms with E-state index < -0.39 is 0 Å². The Morgan fingerprint density at radius 1 is 1.38 bits per heavy atom. The van der Waals surface area contributed by atoms with Crippen molar-refractivity contribution in [3.8, 4) is 5.75 Å². The molecule has 0 aliphatic heterocycles. The summed E-state index contributed by atoms with van der Waals surface area (Å²) in [7, 11) is 0. The van der Waals surface area contributed by atoms with E-state index in [-0.39, 0.29) is 0 Å². The third-order valence-electron chi connectivity index (χ3n) is 2.38. The lowest BCUT2D eigenvalue weighted by molar-refractivity contribution is 0.112. The van der Waals surface area contributed by atoms with Crippen LogP contribution in [0, 0.1) is 6.92 Å². The zero-order valence-corrected chi connectivity index (χ0v) is 9.36. The monoisotopic (exact) mass is 215 g/mol. The second-order valence-corrected chi connectivity index (χ2v) is 3.58. The van der Waals surface area contributed by atoms with E-state index in [0.29, 0.717) is 12.2 Å². The highest BCUT2D eigenvalue weighted by molar-refractivity contribution is 5.97. The SMILES string of the molecule is CCOc1ccc2nc(C)cc(C=O)c2c1. The van der Waals surface area contributed by atoms with Crippen LogP contribution < -0.4 is 4.74 Å². The predicted octanol–water partition coefficient (Wildman–Crippen LogP) is 2.75. The van der Waals surface area contributed by atoms with E-state index in [1.54, 1.807) is 6.07 Å². The average molecular weight is 215 g/mol. The van der Waals surface area contributed by atoms with Gasteiger partial charge in [0.1, 0.15) is 5.75 Å². The van der Waals surface area contributed by atoms with Crippen molar-refractivity contribution in [3.05, 3.63) is 35.5 Å². The van der Waals surface area contributed by atoms with Crippen molar-refractivity contribution in [1.82, 2.24) is 4.98 Å². The quantitative estimate of drug-likeness (QED) is 0.739. The molecule has 0 atom stereocenters. The Labute approximate surface area is 94.1 Å². The number of fused-ring (bicyclic) bond motifs is 1. The average Bonchev–Trinajstić information content (AvgIpc) is 2.29. The molecule has 0 fully saturated rings. The van der Waals surface area contributed by atoms with Crippen LogP contribution in [0.5, 0.6) is 5.75 Å². The van der Waals surface area contributed by atoms with Crippen molar-refractivity contribution < 1.29 is 9.53 Å². The summed E-state index contributed by atoms with van der Waals surface area (Å²) >= 11 is 0. The number of hydrogen-bond donors (Lipinski definition) is 0. The minimum atomic E-state index is 0.612. The number of aldehydes is 1. The fraction of sp³-hybridized carbons (Fsp3) is 0.231. The molecule has 2 aromatic rings. The van der Waals surface area contributed by atoms with Crippen LogP contribution in [-0.2, 0) is 0 Å². The van der Waals surface area contributed by atoms with Crippen LogP contribution in [0.1, 0.15) is 23.0 Å². The molecular weight excluding hydrogens is 202 g/mol. The second kappa shape index (κ2) is 4.31. The largest absolute Gasteiger partial charge is 0.494 e. The van der Waals surface area contributed by atoms with E-state index in [9.17, 15) is 4.79 Å². The molecule has 1 aromatic carbocycles. The van der Waals surface area contributed by atoms with Crippen LogP contribution >= 0.6 is 0 Å². The Morgan fingerprint density at radius 3 is 2.88 bits per heavy atom. The van der Waals surface area contributed by atoms with Gasteiger partial charge in [-0.05, 0) is 38.1 Å². The maximum atomic E-state index is 11.0. The standard InChI is InChI=1S/C13H13NO2/c1-3-16-11-4-5-13-12(7-11)10(8-15)6-9(2)14-13/h4-8H,3H2,1-2H3. The molecule has 3 heteroatoms. The molecule has 0 bridgehead atoms. The molecule has 0 aliphatic carbocycles. The number of carbonyl (C=O) groups excluding carboxylic acids is 1. The van der Waals surface area contributed by atoms with Crippen LogP contribution in [0.4, 0.5) is 0 Å². The van der Waals surface area contributed by atoms with Gasteiger partial charge < -0.3 is 4.74 Å². The van der Waals surface area contributed by atoms with Gasteiger partial charge in [-0.1, -0.05) is 0 Å². The molecule has 0 N–H and O–H groups in total. The Kier molecular flexibility index (Phi) is 2.86. The number of aryl methyl sites for hydroxylation is 1. The number of ether oxygens (including phenoxy) is 1. The van der Waals surface area contributed by atoms with Crippen molar-refractivity contribution >= 4 is 17.2 Å². The van der Waals surface area contributed by atoms with E-state index in [1.165, 1.54) is 0 Å². The first kappa shape index (κ1) is 10.6. The number of hydrogen-bond acceptors (Lipinski definition) is 3. The molecule has 0 aliphatic rings. The highest BCUT2D eigenvalue weighted by Gasteiger charge is 2.04. The summed E-state index contributed by atoms with van der Waals surface area (Å²) < 4.78 is 5.40. The predicted molar refractivity (Wildman–Crippen MR) is 63.0 cm³/mol. The van der Waals surface area contributed by atoms with Crippen LogP contribution in [0.3, 0.4) is 0 Å². The first-order valence-electron chi connectivity index (χ1n) is 5.24. The lowest BCUT2D eigenvalue weighted by Gasteiger charge is -2.06. The first-order valence-corrected chi connectivity index (χ1v) is 5.24. The van der Waals surface area contributed by atoms with E-state index in [0.717, 1.165) is 28.6 Å². The van der Waals surface area contributed by atoms with E-state index in [4.69, 9.17) is 4.74 Å². The number of pyridine rings is 1. The molecule has 16 heavy (non-hydrogen) atoms. The highest BCUT2D eigenvalue weighted by atomic mass is 16.5. The molecule has 1 aromatic heterocycles. The number of nitrogens with zero attached hydrogens (tertiary/aromatic N) is 1. The summed E-state index contributed by atoms with van der Waals surface area (Å²) in [6.45, 7) is 4.42. The van der Waals surface area contributed by atoms with Crippen molar-refractivity contribution in [3.63, 3.8) is 0 Å². The third-order valence-corrected chi connectivity index (χ3v) is 2.38. The molecule has 0 saturated heterocycles. The summed E-state index contributed by atoms with van der Waals surface area (Å²) in [5.74, 6) is 0.767. The summed E-state index contributed by atoms with van der Waals surface area (Å²) in [6.07, 6.45) is 0.854. The molecule has 3 nitrogen and oxygen atoms in total. The minimum Gasteiger partial charge on any atom is -0.494 e. The zero-order chi connectivity index (χ0) is 11.5. The highest BCUT2D eigenvalue weighted by Crippen LogP contribution is 2.22. The summed E-state index contributed by atoms with van der Waals surface area (Å²) in [5, 5.41) is 0.839. The van der Waals surface area contributed by atoms with Crippen molar-refractivity contribution in [2.45, 2.75) is 13.8 Å². The smallest absolute Gasteiger partial charge is 0.150 e. The zero-order valence-electron chi connectivity index (χ0n) is 9.36. The maximum Gasteiger partial charge on any atom is 0.150 e. The number of aromatic nitrogens is 1. The third kappa shape index (κ3) is 1.89. The second-order valence-electron chi connectivity index (χ2n) is 3.58. The molecule has 0 saturated carbocycles. The molecule has 0 amide bonds. The maximum absolute atomic E-state index is 11.0. The number of rotatable bonds is 3. The van der Waals surface area contributed by atoms with E-state index in [1.807, 2.05) is 32.0 Å². The molecular formula is C13H13NO2. The van der Waals surface area contributed by atoms with E-state index in [2.05, 4.69) is 4.98 Å². The van der Waals surface area contributed by atoms with Gasteiger partial charge in [0.05, 0.1) is 12.1 Å².